The van der Waals surface area contributed by atoms with E-state index in [4.69, 9.17) is 0 Å². The van der Waals surface area contributed by atoms with Crippen LogP contribution in [0.4, 0.5) is 0 Å². The van der Waals surface area contributed by atoms with Crippen LogP contribution in [0.5, 0.6) is 0 Å². The minimum atomic E-state index is -0.268. The van der Waals surface area contributed by atoms with Crippen LogP contribution in [0.1, 0.15) is 44.2 Å². The molecule has 2 aromatic rings. The van der Waals surface area contributed by atoms with E-state index < -0.39 is 0 Å². The maximum atomic E-state index is 4.21. The molecule has 1 aliphatic heterocycles. The molecule has 0 spiro atoms. The van der Waals surface area contributed by atoms with Gasteiger partial charge in [0.1, 0.15) is 0 Å². The molecule has 0 aliphatic carbocycles. The second-order valence-corrected chi connectivity index (χ2v) is 9.07. The van der Waals surface area contributed by atoms with Crippen molar-refractivity contribution in [3.63, 3.8) is 0 Å². The third kappa shape index (κ3) is 3.13. The van der Waals surface area contributed by atoms with Crippen LogP contribution < -0.4 is 5.30 Å². The Morgan fingerprint density at radius 2 is 1.88 bits per heavy atom. The Bertz CT molecular complexity index is 781. The molecule has 0 radical (unpaired) electrons. The number of allylic oxidation sites excluding steroid dienone is 3. The Morgan fingerprint density at radius 3 is 2.50 bits per heavy atom. The molecule has 0 aromatic heterocycles. The van der Waals surface area contributed by atoms with Crippen molar-refractivity contribution in [2.24, 2.45) is 0 Å². The van der Waals surface area contributed by atoms with E-state index in [1.165, 1.54) is 22.3 Å². The quantitative estimate of drug-likeness (QED) is 0.551. The molecule has 1 heteroatoms. The molecule has 1 aliphatic rings. The minimum Gasteiger partial charge on any atom is -0.0958 e. The lowest BCUT2D eigenvalue weighted by atomic mass is 9.91. The lowest BCUT2D eigenvalue weighted by molar-refractivity contribution is 0.853. The van der Waals surface area contributed by atoms with Gasteiger partial charge in [0.25, 0.3) is 0 Å². The average Bonchev–Trinajstić information content (AvgIpc) is 2.91. The predicted octanol–water partition coefficient (Wildman–Crippen LogP) is 6.62. The topological polar surface area (TPSA) is 0 Å². The van der Waals surface area contributed by atoms with E-state index in [9.17, 15) is 0 Å². The number of hydrogen-bond donors (Lipinski definition) is 0. The lowest BCUT2D eigenvalue weighted by Gasteiger charge is -2.17. The van der Waals surface area contributed by atoms with Crippen LogP contribution in [0.2, 0.25) is 0 Å². The monoisotopic (exact) mass is 334 g/mol. The van der Waals surface area contributed by atoms with Gasteiger partial charge in [-0.1, -0.05) is 89.4 Å². The van der Waals surface area contributed by atoms with Gasteiger partial charge in [-0.05, 0) is 58.3 Å². The summed E-state index contributed by atoms with van der Waals surface area (Å²) in [5, 5.41) is 3.18. The van der Waals surface area contributed by atoms with Crippen LogP contribution in [0, 0.1) is 0 Å². The Hall–Kier alpha value is -1.65. The molecule has 1 heterocycles. The summed E-state index contributed by atoms with van der Waals surface area (Å²) >= 11 is 0. The fraction of sp³-hybridized carbons (Fsp3) is 0.304. The Labute approximate surface area is 148 Å². The number of hydrogen-bond acceptors (Lipinski definition) is 0. The molecule has 124 valence electrons. The average molecular weight is 334 g/mol. The molecule has 0 N–H and O–H groups in total. The van der Waals surface area contributed by atoms with E-state index >= 15 is 0 Å². The summed E-state index contributed by atoms with van der Waals surface area (Å²) in [7, 11) is -0.268. The summed E-state index contributed by atoms with van der Waals surface area (Å²) in [4.78, 5) is 0. The maximum absolute atomic E-state index is 4.21. The van der Waals surface area contributed by atoms with Crippen molar-refractivity contribution < 1.29 is 0 Å². The number of rotatable bonds is 4. The van der Waals surface area contributed by atoms with E-state index in [-0.39, 0.29) is 7.92 Å². The first kappa shape index (κ1) is 17.2. The van der Waals surface area contributed by atoms with Crippen molar-refractivity contribution in [1.82, 2.24) is 0 Å². The molecule has 1 unspecified atom stereocenters. The summed E-state index contributed by atoms with van der Waals surface area (Å²) in [6.07, 6.45) is 4.50. The largest absolute Gasteiger partial charge is 0.0958 e. The van der Waals surface area contributed by atoms with Crippen molar-refractivity contribution in [3.8, 4) is 11.1 Å². The highest BCUT2D eigenvalue weighted by Crippen LogP contribution is 2.52. The van der Waals surface area contributed by atoms with Crippen LogP contribution in [0.3, 0.4) is 0 Å². The first-order valence-corrected chi connectivity index (χ1v) is 10.6. The van der Waals surface area contributed by atoms with Gasteiger partial charge in [0, 0.05) is 0 Å². The molecule has 1 atom stereocenters. The highest BCUT2D eigenvalue weighted by molar-refractivity contribution is 7.70. The van der Waals surface area contributed by atoms with Crippen molar-refractivity contribution in [2.75, 3.05) is 6.66 Å². The van der Waals surface area contributed by atoms with Gasteiger partial charge in [0.2, 0.25) is 0 Å². The Kier molecular flexibility index (Phi) is 5.07. The molecule has 0 fully saturated rings. The van der Waals surface area contributed by atoms with E-state index in [0.29, 0.717) is 5.92 Å². The molecular weight excluding hydrogens is 307 g/mol. The lowest BCUT2D eigenvalue weighted by Crippen LogP contribution is -2.09. The minimum absolute atomic E-state index is 0.268. The van der Waals surface area contributed by atoms with Crippen LogP contribution in [-0.2, 0) is 6.42 Å². The van der Waals surface area contributed by atoms with Crippen molar-refractivity contribution >= 4 is 13.2 Å². The fourth-order valence-electron chi connectivity index (χ4n) is 3.54. The van der Waals surface area contributed by atoms with Gasteiger partial charge in [-0.15, -0.1) is 0 Å². The molecule has 0 nitrogen and oxygen atoms in total. The molecule has 3 rings (SSSR count). The summed E-state index contributed by atoms with van der Waals surface area (Å²) in [6.45, 7) is 13.4. The second-order valence-electron chi connectivity index (χ2n) is 6.93. The van der Waals surface area contributed by atoms with Gasteiger partial charge in [-0.25, -0.2) is 0 Å². The smallest absolute Gasteiger partial charge is 0.000857 e. The first-order valence-electron chi connectivity index (χ1n) is 8.86. The van der Waals surface area contributed by atoms with Gasteiger partial charge >= 0.3 is 0 Å². The fourth-order valence-corrected chi connectivity index (χ4v) is 5.78. The molecule has 0 bridgehead atoms. The van der Waals surface area contributed by atoms with Crippen molar-refractivity contribution in [2.45, 2.75) is 39.5 Å². The molecule has 0 amide bonds. The third-order valence-corrected chi connectivity index (χ3v) is 7.31. The second kappa shape index (κ2) is 7.08. The van der Waals surface area contributed by atoms with E-state index in [0.717, 1.165) is 12.8 Å². The van der Waals surface area contributed by atoms with Gasteiger partial charge in [0.15, 0.2) is 0 Å². The molecule has 0 saturated heterocycles. The third-order valence-electron chi connectivity index (χ3n) is 4.97. The van der Waals surface area contributed by atoms with Crippen LogP contribution >= 0.6 is 7.92 Å². The standard InChI is InChI=1S/C23H27P/c1-6-17(4)14-19-15-22-20(16(2)3)12-13-21(23(22)24(19)5)18-10-8-7-9-11-18/h7-14,16H,4,6,15H2,1-3,5H3/b19-14+. The van der Waals surface area contributed by atoms with Crippen LogP contribution in [0.15, 0.2) is 66.0 Å². The Morgan fingerprint density at radius 1 is 1.17 bits per heavy atom. The summed E-state index contributed by atoms with van der Waals surface area (Å²) in [6, 6.07) is 15.5. The maximum Gasteiger partial charge on any atom is -0.000857 e. The zero-order valence-corrected chi connectivity index (χ0v) is 16.2. The van der Waals surface area contributed by atoms with E-state index in [1.54, 1.807) is 16.2 Å². The molecule has 24 heavy (non-hydrogen) atoms. The SMILES string of the molecule is C=C(/C=C1\Cc2c(C(C)C)ccc(-c3ccccc3)c2P1C)CC. The van der Waals surface area contributed by atoms with Crippen LogP contribution in [-0.4, -0.2) is 6.66 Å². The highest BCUT2D eigenvalue weighted by atomic mass is 31.1. The molecular formula is C23H27P. The summed E-state index contributed by atoms with van der Waals surface area (Å²) < 4.78 is 0. The number of benzene rings is 2. The number of fused-ring (bicyclic) bond motifs is 1. The summed E-state index contributed by atoms with van der Waals surface area (Å²) in [5.74, 6) is 0.570. The Balaban J connectivity index is 2.18. The molecule has 2 aromatic carbocycles. The predicted molar refractivity (Wildman–Crippen MR) is 110 cm³/mol. The van der Waals surface area contributed by atoms with Gasteiger partial charge < -0.3 is 0 Å². The van der Waals surface area contributed by atoms with E-state index in [1.807, 2.05) is 0 Å². The van der Waals surface area contributed by atoms with Crippen LogP contribution in [0.25, 0.3) is 11.1 Å². The zero-order chi connectivity index (χ0) is 17.3. The highest BCUT2D eigenvalue weighted by Gasteiger charge is 2.29. The van der Waals surface area contributed by atoms with Gasteiger partial charge in [0.05, 0.1) is 0 Å². The summed E-state index contributed by atoms with van der Waals surface area (Å²) in [5.41, 5.74) is 7.11. The zero-order valence-electron chi connectivity index (χ0n) is 15.3. The van der Waals surface area contributed by atoms with E-state index in [2.05, 4.69) is 82.6 Å². The first-order chi connectivity index (χ1) is 11.5. The van der Waals surface area contributed by atoms with Crippen molar-refractivity contribution in [3.05, 3.63) is 77.1 Å². The van der Waals surface area contributed by atoms with Gasteiger partial charge in [-0.3, -0.25) is 0 Å². The van der Waals surface area contributed by atoms with Crippen molar-refractivity contribution in [1.29, 1.82) is 0 Å². The molecule has 0 saturated carbocycles. The normalized spacial score (nSPS) is 18.2. The van der Waals surface area contributed by atoms with Gasteiger partial charge in [-0.2, -0.15) is 0 Å².